The SMILES string of the molecule is C[C@@H]1CN(C(=O)c2cnn(-c3ccccc3)c2)C[C@H]1C(=O)O. The molecule has 1 amide bonds. The number of aromatic nitrogens is 2. The van der Waals surface area contributed by atoms with Gasteiger partial charge in [0, 0.05) is 19.3 Å². The molecule has 0 aliphatic carbocycles. The van der Waals surface area contributed by atoms with E-state index in [1.165, 1.54) is 6.20 Å². The van der Waals surface area contributed by atoms with Gasteiger partial charge in [-0.2, -0.15) is 5.10 Å². The zero-order valence-electron chi connectivity index (χ0n) is 12.2. The molecule has 1 aromatic heterocycles. The monoisotopic (exact) mass is 299 g/mol. The smallest absolute Gasteiger partial charge is 0.308 e. The lowest BCUT2D eigenvalue weighted by Gasteiger charge is -2.14. The van der Waals surface area contributed by atoms with Gasteiger partial charge in [0.05, 0.1) is 23.4 Å². The van der Waals surface area contributed by atoms with Crippen molar-refractivity contribution in [3.05, 3.63) is 48.3 Å². The number of rotatable bonds is 3. The molecule has 0 saturated carbocycles. The van der Waals surface area contributed by atoms with E-state index in [-0.39, 0.29) is 18.4 Å². The predicted molar refractivity (Wildman–Crippen MR) is 79.8 cm³/mol. The molecule has 0 unspecified atom stereocenters. The molecule has 1 saturated heterocycles. The van der Waals surface area contributed by atoms with Gasteiger partial charge >= 0.3 is 5.97 Å². The molecule has 0 radical (unpaired) electrons. The largest absolute Gasteiger partial charge is 0.481 e. The Bertz CT molecular complexity index is 696. The summed E-state index contributed by atoms with van der Waals surface area (Å²) in [6, 6.07) is 9.52. The van der Waals surface area contributed by atoms with Crippen molar-refractivity contribution in [1.82, 2.24) is 14.7 Å². The van der Waals surface area contributed by atoms with Crippen molar-refractivity contribution in [3.63, 3.8) is 0 Å². The van der Waals surface area contributed by atoms with E-state index >= 15 is 0 Å². The molecule has 1 aromatic carbocycles. The third-order valence-corrected chi connectivity index (χ3v) is 4.07. The van der Waals surface area contributed by atoms with Gasteiger partial charge in [-0.3, -0.25) is 9.59 Å². The summed E-state index contributed by atoms with van der Waals surface area (Å²) in [6.45, 7) is 2.58. The van der Waals surface area contributed by atoms with Crippen LogP contribution in [0.4, 0.5) is 0 Å². The maximum Gasteiger partial charge on any atom is 0.308 e. The first kappa shape index (κ1) is 14.3. The molecule has 1 aliphatic heterocycles. The van der Waals surface area contributed by atoms with Gasteiger partial charge in [0.1, 0.15) is 0 Å². The van der Waals surface area contributed by atoms with Crippen LogP contribution in [0, 0.1) is 11.8 Å². The number of carbonyl (C=O) groups excluding carboxylic acids is 1. The van der Waals surface area contributed by atoms with E-state index in [0.717, 1.165) is 5.69 Å². The van der Waals surface area contributed by atoms with Crippen LogP contribution >= 0.6 is 0 Å². The van der Waals surface area contributed by atoms with E-state index < -0.39 is 11.9 Å². The maximum absolute atomic E-state index is 12.5. The number of benzene rings is 1. The predicted octanol–water partition coefficient (Wildman–Crippen LogP) is 1.67. The third-order valence-electron chi connectivity index (χ3n) is 4.07. The van der Waals surface area contributed by atoms with Crippen molar-refractivity contribution in [2.75, 3.05) is 13.1 Å². The van der Waals surface area contributed by atoms with Crippen LogP contribution in [0.2, 0.25) is 0 Å². The first-order valence-corrected chi connectivity index (χ1v) is 7.18. The fourth-order valence-corrected chi connectivity index (χ4v) is 2.79. The summed E-state index contributed by atoms with van der Waals surface area (Å²) in [4.78, 5) is 25.2. The van der Waals surface area contributed by atoms with Gasteiger partial charge in [0.2, 0.25) is 0 Å². The van der Waals surface area contributed by atoms with E-state index in [9.17, 15) is 9.59 Å². The Morgan fingerprint density at radius 3 is 2.59 bits per heavy atom. The van der Waals surface area contributed by atoms with Crippen LogP contribution in [0.25, 0.3) is 5.69 Å². The Hall–Kier alpha value is -2.63. The van der Waals surface area contributed by atoms with Gasteiger partial charge in [-0.15, -0.1) is 0 Å². The third kappa shape index (κ3) is 2.59. The molecule has 2 atom stereocenters. The quantitative estimate of drug-likeness (QED) is 0.935. The van der Waals surface area contributed by atoms with Gasteiger partial charge in [-0.05, 0) is 18.1 Å². The van der Waals surface area contributed by atoms with Crippen molar-refractivity contribution in [3.8, 4) is 5.69 Å². The fraction of sp³-hybridized carbons (Fsp3) is 0.312. The molecule has 2 aromatic rings. The zero-order chi connectivity index (χ0) is 15.7. The average Bonchev–Trinajstić information content (AvgIpc) is 3.14. The first-order chi connectivity index (χ1) is 10.6. The second-order valence-electron chi connectivity index (χ2n) is 5.64. The topological polar surface area (TPSA) is 75.4 Å². The standard InChI is InChI=1S/C16H17N3O3/c1-11-8-18(10-14(11)16(21)22)15(20)12-7-17-19(9-12)13-5-3-2-4-6-13/h2-7,9,11,14H,8,10H2,1H3,(H,21,22)/t11-,14-/m1/s1. The summed E-state index contributed by atoms with van der Waals surface area (Å²) in [5, 5.41) is 13.4. The number of amides is 1. The van der Waals surface area contributed by atoms with Crippen molar-refractivity contribution in [2.24, 2.45) is 11.8 Å². The zero-order valence-corrected chi connectivity index (χ0v) is 12.2. The van der Waals surface area contributed by atoms with Crippen LogP contribution in [0.1, 0.15) is 17.3 Å². The highest BCUT2D eigenvalue weighted by Crippen LogP contribution is 2.24. The molecule has 3 rings (SSSR count). The number of likely N-dealkylation sites (tertiary alicyclic amines) is 1. The Labute approximate surface area is 128 Å². The summed E-state index contributed by atoms with van der Waals surface area (Å²) in [5.74, 6) is -1.54. The Morgan fingerprint density at radius 1 is 1.23 bits per heavy atom. The minimum absolute atomic E-state index is 0.0365. The number of carboxylic acid groups (broad SMARTS) is 1. The van der Waals surface area contributed by atoms with Crippen molar-refractivity contribution in [1.29, 1.82) is 0 Å². The number of hydrogen-bond donors (Lipinski definition) is 1. The highest BCUT2D eigenvalue weighted by molar-refractivity contribution is 5.94. The molecule has 6 nitrogen and oxygen atoms in total. The molecule has 1 fully saturated rings. The Balaban J connectivity index is 1.77. The van der Waals surface area contributed by atoms with Gasteiger partial charge < -0.3 is 10.0 Å². The second-order valence-corrected chi connectivity index (χ2v) is 5.64. The molecule has 1 aliphatic rings. The van der Waals surface area contributed by atoms with Crippen molar-refractivity contribution < 1.29 is 14.7 Å². The summed E-state index contributed by atoms with van der Waals surface area (Å²) < 4.78 is 1.64. The highest BCUT2D eigenvalue weighted by Gasteiger charge is 2.37. The summed E-state index contributed by atoms with van der Waals surface area (Å²) in [5.41, 5.74) is 1.35. The van der Waals surface area contributed by atoms with Gasteiger partial charge in [-0.25, -0.2) is 4.68 Å². The molecular formula is C16H17N3O3. The molecule has 114 valence electrons. The van der Waals surface area contributed by atoms with E-state index in [2.05, 4.69) is 5.10 Å². The number of nitrogens with zero attached hydrogens (tertiary/aromatic N) is 3. The molecule has 2 heterocycles. The number of para-hydroxylation sites is 1. The molecule has 22 heavy (non-hydrogen) atoms. The molecule has 0 spiro atoms. The van der Waals surface area contributed by atoms with Crippen LogP contribution in [0.5, 0.6) is 0 Å². The van der Waals surface area contributed by atoms with Crippen LogP contribution in [-0.4, -0.2) is 44.8 Å². The number of aliphatic carboxylic acids is 1. The summed E-state index contributed by atoms with van der Waals surface area (Å²) >= 11 is 0. The number of carboxylic acids is 1. The molecular weight excluding hydrogens is 282 g/mol. The maximum atomic E-state index is 12.5. The van der Waals surface area contributed by atoms with Crippen LogP contribution in [-0.2, 0) is 4.79 Å². The lowest BCUT2D eigenvalue weighted by Crippen LogP contribution is -2.29. The highest BCUT2D eigenvalue weighted by atomic mass is 16.4. The molecule has 6 heteroatoms. The Morgan fingerprint density at radius 2 is 1.95 bits per heavy atom. The second kappa shape index (κ2) is 5.63. The average molecular weight is 299 g/mol. The molecule has 0 bridgehead atoms. The molecule has 1 N–H and O–H groups in total. The van der Waals surface area contributed by atoms with E-state index in [1.54, 1.807) is 15.8 Å². The van der Waals surface area contributed by atoms with Crippen LogP contribution in [0.15, 0.2) is 42.7 Å². The summed E-state index contributed by atoms with van der Waals surface area (Å²) in [7, 11) is 0. The fourth-order valence-electron chi connectivity index (χ4n) is 2.79. The van der Waals surface area contributed by atoms with Crippen molar-refractivity contribution in [2.45, 2.75) is 6.92 Å². The number of hydrogen-bond acceptors (Lipinski definition) is 3. The first-order valence-electron chi connectivity index (χ1n) is 7.18. The van der Waals surface area contributed by atoms with Gasteiger partial charge in [0.15, 0.2) is 0 Å². The lowest BCUT2D eigenvalue weighted by molar-refractivity contribution is -0.142. The lowest BCUT2D eigenvalue weighted by atomic mass is 9.99. The van der Waals surface area contributed by atoms with E-state index in [0.29, 0.717) is 12.1 Å². The van der Waals surface area contributed by atoms with E-state index in [4.69, 9.17) is 5.11 Å². The van der Waals surface area contributed by atoms with Gasteiger partial charge in [-0.1, -0.05) is 25.1 Å². The minimum Gasteiger partial charge on any atom is -0.481 e. The normalized spacial score (nSPS) is 21.0. The Kier molecular flexibility index (Phi) is 3.66. The van der Waals surface area contributed by atoms with Gasteiger partial charge in [0.25, 0.3) is 5.91 Å². The number of carbonyl (C=O) groups is 2. The van der Waals surface area contributed by atoms with E-state index in [1.807, 2.05) is 37.3 Å². The van der Waals surface area contributed by atoms with Crippen LogP contribution in [0.3, 0.4) is 0 Å². The van der Waals surface area contributed by atoms with Crippen molar-refractivity contribution >= 4 is 11.9 Å². The summed E-state index contributed by atoms with van der Waals surface area (Å²) in [6.07, 6.45) is 3.20. The minimum atomic E-state index is -0.845. The van der Waals surface area contributed by atoms with Crippen LogP contribution < -0.4 is 0 Å².